The van der Waals surface area contributed by atoms with E-state index in [1.807, 2.05) is 4.90 Å². The van der Waals surface area contributed by atoms with Crippen molar-refractivity contribution in [3.63, 3.8) is 0 Å². The molecule has 2 aliphatic heterocycles. The summed E-state index contributed by atoms with van der Waals surface area (Å²) in [5.74, 6) is 0.0198. The van der Waals surface area contributed by atoms with E-state index in [1.165, 1.54) is 6.07 Å². The Bertz CT molecular complexity index is 1010. The number of piperidine rings is 1. The number of halogens is 4. The van der Waals surface area contributed by atoms with E-state index in [0.717, 1.165) is 6.07 Å². The van der Waals surface area contributed by atoms with Crippen LogP contribution in [0.4, 0.5) is 17.6 Å². The Labute approximate surface area is 189 Å². The zero-order valence-corrected chi connectivity index (χ0v) is 18.1. The minimum Gasteiger partial charge on any atom is -0.490 e. The lowest BCUT2D eigenvalue weighted by atomic mass is 10.1. The number of hydrogen-bond acceptors (Lipinski definition) is 5. The number of pyridine rings is 1. The van der Waals surface area contributed by atoms with E-state index in [4.69, 9.17) is 4.74 Å². The Kier molecular flexibility index (Phi) is 6.83. The highest BCUT2D eigenvalue weighted by molar-refractivity contribution is 5.85. The number of carbonyl (C=O) groups excluding carboxylic acids is 1. The van der Waals surface area contributed by atoms with E-state index in [1.54, 1.807) is 23.1 Å². The third-order valence-corrected chi connectivity index (χ3v) is 6.18. The van der Waals surface area contributed by atoms with Crippen LogP contribution >= 0.6 is 0 Å². The molecule has 2 saturated heterocycles. The van der Waals surface area contributed by atoms with Crippen LogP contribution in [0.1, 0.15) is 25.0 Å². The molecule has 10 heteroatoms. The molecule has 178 valence electrons. The van der Waals surface area contributed by atoms with E-state index >= 15 is 0 Å². The molecule has 0 radical (unpaired) electrons. The number of aliphatic imine (C=N–C) groups is 1. The minimum atomic E-state index is -4.57. The summed E-state index contributed by atoms with van der Waals surface area (Å²) in [6.07, 6.45) is -4.48. The smallest absolute Gasteiger partial charge is 0.433 e. The monoisotopic (exact) mass is 466 g/mol. The fourth-order valence-corrected chi connectivity index (χ4v) is 4.52. The summed E-state index contributed by atoms with van der Waals surface area (Å²) in [5.41, 5.74) is -0.759. The number of amides is 1. The first-order chi connectivity index (χ1) is 15.7. The molecular formula is C23H26F4N4O2. The van der Waals surface area contributed by atoms with Crippen molar-refractivity contribution in [2.24, 2.45) is 4.99 Å². The van der Waals surface area contributed by atoms with Gasteiger partial charge in [0.25, 0.3) is 0 Å². The molecule has 3 heterocycles. The van der Waals surface area contributed by atoms with Gasteiger partial charge in [-0.1, -0.05) is 12.1 Å². The summed E-state index contributed by atoms with van der Waals surface area (Å²) in [7, 11) is 0. The van der Waals surface area contributed by atoms with E-state index in [2.05, 4.69) is 16.7 Å². The molecule has 0 spiro atoms. The van der Waals surface area contributed by atoms with Crippen molar-refractivity contribution >= 4 is 23.5 Å². The first kappa shape index (κ1) is 23.4. The molecule has 0 aliphatic carbocycles. The number of fused-ring (bicyclic) bond motifs is 1. The molecule has 0 N–H and O–H groups in total. The predicted molar refractivity (Wildman–Crippen MR) is 116 cm³/mol. The quantitative estimate of drug-likeness (QED) is 0.481. The second-order valence-corrected chi connectivity index (χ2v) is 8.55. The highest BCUT2D eigenvalue weighted by Gasteiger charge is 2.36. The second kappa shape index (κ2) is 9.62. The van der Waals surface area contributed by atoms with Gasteiger partial charge in [-0.05, 0) is 31.7 Å². The van der Waals surface area contributed by atoms with Gasteiger partial charge in [0.2, 0.25) is 5.91 Å². The first-order valence-electron chi connectivity index (χ1n) is 11.0. The SMILES string of the molecule is C=NC[C@@H]1C[C@H](F)CN1C(=O)CN1CCC(Oc2cc(C(F)(F)F)nc3ccccc23)CC1. The molecule has 2 aromatic rings. The van der Waals surface area contributed by atoms with Gasteiger partial charge in [0.05, 0.1) is 31.2 Å². The number of likely N-dealkylation sites (tertiary alicyclic amines) is 2. The lowest BCUT2D eigenvalue weighted by Gasteiger charge is -2.33. The normalized spacial score (nSPS) is 22.6. The second-order valence-electron chi connectivity index (χ2n) is 8.55. The van der Waals surface area contributed by atoms with Gasteiger partial charge in [-0.15, -0.1) is 0 Å². The minimum absolute atomic E-state index is 0.0786. The van der Waals surface area contributed by atoms with E-state index in [-0.39, 0.29) is 48.8 Å². The van der Waals surface area contributed by atoms with Gasteiger partial charge in [-0.2, -0.15) is 13.2 Å². The van der Waals surface area contributed by atoms with Crippen LogP contribution in [0.3, 0.4) is 0 Å². The van der Waals surface area contributed by atoms with Gasteiger partial charge in [0.15, 0.2) is 0 Å². The lowest BCUT2D eigenvalue weighted by Crippen LogP contribution is -2.47. The third kappa shape index (κ3) is 5.43. The maximum absolute atomic E-state index is 13.8. The Morgan fingerprint density at radius 2 is 1.97 bits per heavy atom. The summed E-state index contributed by atoms with van der Waals surface area (Å²) in [6.45, 7) is 5.12. The molecular weight excluding hydrogens is 440 g/mol. The number of rotatable bonds is 6. The van der Waals surface area contributed by atoms with Gasteiger partial charge in [0, 0.05) is 31.0 Å². The highest BCUT2D eigenvalue weighted by atomic mass is 19.4. The topological polar surface area (TPSA) is 58.0 Å². The Morgan fingerprint density at radius 1 is 1.24 bits per heavy atom. The van der Waals surface area contributed by atoms with Crippen LogP contribution in [0.2, 0.25) is 0 Å². The van der Waals surface area contributed by atoms with E-state index in [0.29, 0.717) is 37.9 Å². The van der Waals surface area contributed by atoms with Crippen LogP contribution in [0.15, 0.2) is 35.3 Å². The lowest BCUT2D eigenvalue weighted by molar-refractivity contribution is -0.141. The average Bonchev–Trinajstić information content (AvgIpc) is 3.15. The number of aromatic nitrogens is 1. The van der Waals surface area contributed by atoms with Crippen molar-refractivity contribution in [3.8, 4) is 5.75 Å². The fourth-order valence-electron chi connectivity index (χ4n) is 4.52. The number of carbonyl (C=O) groups is 1. The number of alkyl halides is 4. The van der Waals surface area contributed by atoms with Crippen LogP contribution < -0.4 is 4.74 Å². The number of nitrogens with zero attached hydrogens (tertiary/aromatic N) is 4. The third-order valence-electron chi connectivity index (χ3n) is 6.18. The molecule has 0 unspecified atom stereocenters. The first-order valence-corrected chi connectivity index (χ1v) is 11.0. The summed E-state index contributed by atoms with van der Waals surface area (Å²) in [5, 5.41) is 0.528. The maximum atomic E-state index is 13.8. The highest BCUT2D eigenvalue weighted by Crippen LogP contribution is 2.35. The number of hydrogen-bond donors (Lipinski definition) is 0. The van der Waals surface area contributed by atoms with Gasteiger partial charge < -0.3 is 9.64 Å². The number of benzene rings is 1. The zero-order chi connectivity index (χ0) is 23.6. The van der Waals surface area contributed by atoms with Crippen molar-refractivity contribution in [1.82, 2.24) is 14.8 Å². The Morgan fingerprint density at radius 3 is 2.67 bits per heavy atom. The van der Waals surface area contributed by atoms with E-state index < -0.39 is 18.0 Å². The molecule has 0 bridgehead atoms. The van der Waals surface area contributed by atoms with Crippen molar-refractivity contribution in [2.75, 3.05) is 32.7 Å². The molecule has 6 nitrogen and oxygen atoms in total. The molecule has 33 heavy (non-hydrogen) atoms. The van der Waals surface area contributed by atoms with Gasteiger partial charge in [-0.3, -0.25) is 14.7 Å². The van der Waals surface area contributed by atoms with Crippen LogP contribution in [0.25, 0.3) is 10.9 Å². The van der Waals surface area contributed by atoms with Crippen LogP contribution in [-0.4, -0.2) is 78.4 Å². The summed E-state index contributed by atoms with van der Waals surface area (Å²) in [6, 6.07) is 7.28. The summed E-state index contributed by atoms with van der Waals surface area (Å²) in [4.78, 5) is 23.7. The van der Waals surface area contributed by atoms with Crippen LogP contribution in [-0.2, 0) is 11.0 Å². The molecule has 2 fully saturated rings. The number of ether oxygens (including phenoxy) is 1. The van der Waals surface area contributed by atoms with Crippen molar-refractivity contribution in [3.05, 3.63) is 36.0 Å². The zero-order valence-electron chi connectivity index (χ0n) is 18.1. The maximum Gasteiger partial charge on any atom is 0.433 e. The molecule has 0 saturated carbocycles. The molecule has 1 aromatic carbocycles. The Balaban J connectivity index is 1.38. The van der Waals surface area contributed by atoms with Crippen LogP contribution in [0.5, 0.6) is 5.75 Å². The Hall–Kier alpha value is -2.75. The molecule has 2 atom stereocenters. The van der Waals surface area contributed by atoms with Gasteiger partial charge >= 0.3 is 6.18 Å². The molecule has 2 aliphatic rings. The standard InChI is InChI=1S/C23H26F4N4O2/c1-28-12-16-10-15(24)13-31(16)22(32)14-30-8-6-17(7-9-30)33-20-11-21(23(25,26)27)29-19-5-3-2-4-18(19)20/h2-5,11,15-17H,1,6-10,12-14H2/t15-,16-/m0/s1. The van der Waals surface area contributed by atoms with Gasteiger partial charge in [0.1, 0.15) is 23.7 Å². The number of para-hydroxylation sites is 1. The predicted octanol–water partition coefficient (Wildman–Crippen LogP) is 3.74. The van der Waals surface area contributed by atoms with Crippen LogP contribution in [0, 0.1) is 0 Å². The largest absolute Gasteiger partial charge is 0.490 e. The van der Waals surface area contributed by atoms with E-state index in [9.17, 15) is 22.4 Å². The summed E-state index contributed by atoms with van der Waals surface area (Å²) >= 11 is 0. The average molecular weight is 466 g/mol. The van der Waals surface area contributed by atoms with Crippen molar-refractivity contribution in [1.29, 1.82) is 0 Å². The summed E-state index contributed by atoms with van der Waals surface area (Å²) < 4.78 is 59.6. The van der Waals surface area contributed by atoms with Crippen molar-refractivity contribution in [2.45, 2.75) is 43.8 Å². The van der Waals surface area contributed by atoms with Crippen molar-refractivity contribution < 1.29 is 27.1 Å². The molecule has 4 rings (SSSR count). The molecule has 1 aromatic heterocycles. The van der Waals surface area contributed by atoms with Gasteiger partial charge in [-0.25, -0.2) is 9.37 Å². The molecule has 1 amide bonds. The fraction of sp³-hybridized carbons (Fsp3) is 0.522.